The molecule has 3 rings (SSSR count). The van der Waals surface area contributed by atoms with Gasteiger partial charge in [0, 0.05) is 23.5 Å². The molecule has 1 aliphatic carbocycles. The van der Waals surface area contributed by atoms with Gasteiger partial charge in [-0.2, -0.15) is 0 Å². The smallest absolute Gasteiger partial charge is 0.0583 e. The number of likely N-dealkylation sites (tertiary alicyclic amines) is 1. The van der Waals surface area contributed by atoms with Crippen LogP contribution in [0.2, 0.25) is 5.02 Å². The van der Waals surface area contributed by atoms with Crippen LogP contribution in [-0.4, -0.2) is 28.7 Å². The van der Waals surface area contributed by atoms with E-state index in [0.29, 0.717) is 12.0 Å². The van der Waals surface area contributed by atoms with E-state index >= 15 is 0 Å². The Morgan fingerprint density at radius 3 is 2.55 bits per heavy atom. The zero-order chi connectivity index (χ0) is 13.9. The monoisotopic (exact) mass is 293 g/mol. The maximum absolute atomic E-state index is 10.2. The van der Waals surface area contributed by atoms with E-state index in [1.54, 1.807) is 0 Å². The van der Waals surface area contributed by atoms with Crippen molar-refractivity contribution in [3.05, 3.63) is 34.9 Å². The Morgan fingerprint density at radius 2 is 1.85 bits per heavy atom. The van der Waals surface area contributed by atoms with E-state index in [-0.39, 0.29) is 6.10 Å². The second kappa shape index (κ2) is 6.46. The predicted molar refractivity (Wildman–Crippen MR) is 82.8 cm³/mol. The molecule has 1 N–H and O–H groups in total. The Kier molecular flexibility index (Phi) is 4.65. The molecule has 3 unspecified atom stereocenters. The van der Waals surface area contributed by atoms with E-state index in [9.17, 15) is 5.11 Å². The molecule has 2 nitrogen and oxygen atoms in total. The van der Waals surface area contributed by atoms with Gasteiger partial charge < -0.3 is 5.11 Å². The van der Waals surface area contributed by atoms with Gasteiger partial charge in [0.1, 0.15) is 0 Å². The molecule has 2 fully saturated rings. The second-order valence-electron chi connectivity index (χ2n) is 6.32. The van der Waals surface area contributed by atoms with Crippen LogP contribution < -0.4 is 0 Å². The van der Waals surface area contributed by atoms with E-state index in [2.05, 4.69) is 17.0 Å². The molecule has 0 radical (unpaired) electrons. The number of nitrogens with zero attached hydrogens (tertiary/aromatic N) is 1. The van der Waals surface area contributed by atoms with Gasteiger partial charge in [-0.1, -0.05) is 36.6 Å². The largest absolute Gasteiger partial charge is 0.393 e. The number of aliphatic hydroxyl groups excluding tert-OH is 1. The van der Waals surface area contributed by atoms with E-state index < -0.39 is 0 Å². The van der Waals surface area contributed by atoms with Crippen LogP contribution in [-0.2, 0) is 6.54 Å². The van der Waals surface area contributed by atoms with Crippen molar-refractivity contribution in [1.82, 2.24) is 4.90 Å². The Bertz CT molecular complexity index is 433. The summed E-state index contributed by atoms with van der Waals surface area (Å²) in [4.78, 5) is 2.59. The maximum Gasteiger partial charge on any atom is 0.0583 e. The van der Waals surface area contributed by atoms with Gasteiger partial charge in [-0.15, -0.1) is 0 Å². The number of hydrogen-bond acceptors (Lipinski definition) is 2. The first-order chi connectivity index (χ1) is 9.74. The van der Waals surface area contributed by atoms with Gasteiger partial charge in [0.2, 0.25) is 0 Å². The summed E-state index contributed by atoms with van der Waals surface area (Å²) in [5.74, 6) is 0.489. The van der Waals surface area contributed by atoms with Crippen LogP contribution >= 0.6 is 11.6 Å². The van der Waals surface area contributed by atoms with Gasteiger partial charge in [0.05, 0.1) is 6.10 Å². The lowest BCUT2D eigenvalue weighted by atomic mass is 9.87. The van der Waals surface area contributed by atoms with E-state index in [1.165, 1.54) is 37.7 Å². The summed E-state index contributed by atoms with van der Waals surface area (Å²) >= 11 is 5.96. The number of piperidine rings is 1. The summed E-state index contributed by atoms with van der Waals surface area (Å²) in [6.45, 7) is 2.15. The van der Waals surface area contributed by atoms with Gasteiger partial charge in [0.25, 0.3) is 0 Å². The van der Waals surface area contributed by atoms with Crippen molar-refractivity contribution < 1.29 is 5.11 Å². The molecule has 3 heteroatoms. The highest BCUT2D eigenvalue weighted by Crippen LogP contribution is 2.35. The van der Waals surface area contributed by atoms with Crippen molar-refractivity contribution >= 4 is 11.6 Å². The van der Waals surface area contributed by atoms with Crippen LogP contribution in [0.1, 0.15) is 44.1 Å². The SMILES string of the molecule is OC1CCCC1C1CCCCN1Cc1ccc(Cl)cc1. The van der Waals surface area contributed by atoms with Crippen LogP contribution in [0.25, 0.3) is 0 Å². The van der Waals surface area contributed by atoms with Crippen molar-refractivity contribution in [2.45, 2.75) is 57.2 Å². The maximum atomic E-state index is 10.2. The zero-order valence-corrected chi connectivity index (χ0v) is 12.7. The van der Waals surface area contributed by atoms with Crippen molar-refractivity contribution in [2.24, 2.45) is 5.92 Å². The Labute approximate surface area is 126 Å². The summed E-state index contributed by atoms with van der Waals surface area (Å²) in [6.07, 6.45) is 7.15. The Balaban J connectivity index is 1.70. The van der Waals surface area contributed by atoms with Gasteiger partial charge in [0.15, 0.2) is 0 Å². The molecule has 1 saturated carbocycles. The molecular formula is C17H24ClNO. The molecule has 0 bridgehead atoms. The highest BCUT2D eigenvalue weighted by atomic mass is 35.5. The molecule has 3 atom stereocenters. The minimum Gasteiger partial charge on any atom is -0.393 e. The lowest BCUT2D eigenvalue weighted by Gasteiger charge is -2.40. The molecule has 1 aromatic rings. The first kappa shape index (κ1) is 14.4. The molecule has 110 valence electrons. The third-order valence-electron chi connectivity index (χ3n) is 4.99. The zero-order valence-electron chi connectivity index (χ0n) is 12.0. The molecule has 0 spiro atoms. The molecule has 2 aliphatic rings. The van der Waals surface area contributed by atoms with Crippen LogP contribution in [0, 0.1) is 5.92 Å². The first-order valence-corrected chi connectivity index (χ1v) is 8.28. The summed E-state index contributed by atoms with van der Waals surface area (Å²) in [5.41, 5.74) is 1.33. The van der Waals surface area contributed by atoms with Gasteiger partial charge in [-0.3, -0.25) is 4.90 Å². The van der Waals surface area contributed by atoms with E-state index in [1.807, 2.05) is 12.1 Å². The fourth-order valence-corrected chi connectivity index (χ4v) is 4.07. The third kappa shape index (κ3) is 3.19. The molecule has 20 heavy (non-hydrogen) atoms. The summed E-state index contributed by atoms with van der Waals surface area (Å²) in [6, 6.07) is 8.76. The normalized spacial score (nSPS) is 31.6. The van der Waals surface area contributed by atoms with Crippen LogP contribution in [0.3, 0.4) is 0 Å². The van der Waals surface area contributed by atoms with E-state index in [4.69, 9.17) is 11.6 Å². The average Bonchev–Trinajstić information content (AvgIpc) is 2.88. The number of halogens is 1. The molecule has 1 aliphatic heterocycles. The third-order valence-corrected chi connectivity index (χ3v) is 5.24. The van der Waals surface area contributed by atoms with Crippen LogP contribution in [0.4, 0.5) is 0 Å². The molecular weight excluding hydrogens is 270 g/mol. The fraction of sp³-hybridized carbons (Fsp3) is 0.647. The lowest BCUT2D eigenvalue weighted by Crippen LogP contribution is -2.45. The van der Waals surface area contributed by atoms with Crippen LogP contribution in [0.5, 0.6) is 0 Å². The van der Waals surface area contributed by atoms with Crippen LogP contribution in [0.15, 0.2) is 24.3 Å². The average molecular weight is 294 g/mol. The Hall–Kier alpha value is -0.570. The second-order valence-corrected chi connectivity index (χ2v) is 6.76. The topological polar surface area (TPSA) is 23.5 Å². The first-order valence-electron chi connectivity index (χ1n) is 7.90. The highest BCUT2D eigenvalue weighted by Gasteiger charge is 2.36. The molecule has 1 saturated heterocycles. The standard InChI is InChI=1S/C17H24ClNO/c18-14-9-7-13(8-10-14)12-19-11-2-1-5-16(19)15-4-3-6-17(15)20/h7-10,15-17,20H,1-6,11-12H2. The number of benzene rings is 1. The minimum absolute atomic E-state index is 0.0779. The summed E-state index contributed by atoms with van der Waals surface area (Å²) in [7, 11) is 0. The molecule has 1 aromatic carbocycles. The summed E-state index contributed by atoms with van der Waals surface area (Å²) < 4.78 is 0. The van der Waals surface area contributed by atoms with Crippen molar-refractivity contribution in [3.8, 4) is 0 Å². The predicted octanol–water partition coefficient (Wildman–Crippen LogP) is 3.86. The Morgan fingerprint density at radius 1 is 1.05 bits per heavy atom. The van der Waals surface area contributed by atoms with Crippen molar-refractivity contribution in [2.75, 3.05) is 6.54 Å². The van der Waals surface area contributed by atoms with Gasteiger partial charge in [-0.05, 0) is 49.9 Å². The highest BCUT2D eigenvalue weighted by molar-refractivity contribution is 6.30. The van der Waals surface area contributed by atoms with Crippen molar-refractivity contribution in [3.63, 3.8) is 0 Å². The molecule has 0 amide bonds. The fourth-order valence-electron chi connectivity index (χ4n) is 3.94. The lowest BCUT2D eigenvalue weighted by molar-refractivity contribution is 0.0313. The van der Waals surface area contributed by atoms with Gasteiger partial charge >= 0.3 is 0 Å². The number of aliphatic hydroxyl groups is 1. The number of rotatable bonds is 3. The molecule has 0 aromatic heterocycles. The number of hydrogen-bond donors (Lipinski definition) is 1. The van der Waals surface area contributed by atoms with Crippen molar-refractivity contribution in [1.29, 1.82) is 0 Å². The van der Waals surface area contributed by atoms with Gasteiger partial charge in [-0.25, -0.2) is 0 Å². The molecule has 1 heterocycles. The minimum atomic E-state index is -0.0779. The summed E-state index contributed by atoms with van der Waals surface area (Å²) in [5, 5.41) is 11.0. The van der Waals surface area contributed by atoms with E-state index in [0.717, 1.165) is 24.5 Å². The quantitative estimate of drug-likeness (QED) is 0.915.